The van der Waals surface area contributed by atoms with Gasteiger partial charge in [0.1, 0.15) is 11.6 Å². The van der Waals surface area contributed by atoms with Crippen molar-refractivity contribution in [1.29, 1.82) is 0 Å². The van der Waals surface area contributed by atoms with E-state index in [1.54, 1.807) is 6.07 Å². The lowest BCUT2D eigenvalue weighted by atomic mass is 9.94. The second-order valence-electron chi connectivity index (χ2n) is 5.56. The predicted molar refractivity (Wildman–Crippen MR) is 73.8 cm³/mol. The van der Waals surface area contributed by atoms with Crippen molar-refractivity contribution in [3.8, 4) is 5.75 Å². The van der Waals surface area contributed by atoms with Crippen LogP contribution in [0.1, 0.15) is 27.7 Å². The second kappa shape index (κ2) is 6.39. The van der Waals surface area contributed by atoms with E-state index < -0.39 is 0 Å². The Hall–Kier alpha value is -0.800. The van der Waals surface area contributed by atoms with Crippen LogP contribution in [-0.2, 0) is 0 Å². The first kappa shape index (κ1) is 15.3. The smallest absolute Gasteiger partial charge is 0.138 e. The van der Waals surface area contributed by atoms with Gasteiger partial charge in [0.25, 0.3) is 0 Å². The van der Waals surface area contributed by atoms with Crippen molar-refractivity contribution in [3.63, 3.8) is 0 Å². The number of halogens is 2. The number of hydrogen-bond acceptors (Lipinski definition) is 2. The van der Waals surface area contributed by atoms with E-state index >= 15 is 0 Å². The van der Waals surface area contributed by atoms with E-state index in [4.69, 9.17) is 16.3 Å². The maximum Gasteiger partial charge on any atom is 0.138 e. The molecule has 1 rings (SSSR count). The van der Waals surface area contributed by atoms with Crippen molar-refractivity contribution in [2.45, 2.75) is 33.7 Å². The summed E-state index contributed by atoms with van der Waals surface area (Å²) < 4.78 is 18.5. The highest BCUT2D eigenvalue weighted by Gasteiger charge is 2.19. The van der Waals surface area contributed by atoms with Crippen LogP contribution in [0.5, 0.6) is 5.75 Å². The quantitative estimate of drug-likeness (QED) is 0.849. The summed E-state index contributed by atoms with van der Waals surface area (Å²) in [6.45, 7) is 9.81. The number of rotatable bonds is 6. The highest BCUT2D eigenvalue weighted by Crippen LogP contribution is 2.26. The average molecular weight is 274 g/mol. The summed E-state index contributed by atoms with van der Waals surface area (Å²) in [4.78, 5) is 0. The lowest BCUT2D eigenvalue weighted by Gasteiger charge is -2.26. The molecule has 0 radical (unpaired) electrons. The van der Waals surface area contributed by atoms with Gasteiger partial charge in [-0.1, -0.05) is 39.3 Å². The van der Waals surface area contributed by atoms with Crippen molar-refractivity contribution >= 4 is 11.6 Å². The van der Waals surface area contributed by atoms with E-state index in [1.807, 2.05) is 0 Å². The molecule has 0 bridgehead atoms. The number of nitrogens with one attached hydrogen (secondary N) is 1. The summed E-state index contributed by atoms with van der Waals surface area (Å²) in [5, 5.41) is 3.68. The van der Waals surface area contributed by atoms with Crippen molar-refractivity contribution in [1.82, 2.24) is 5.32 Å². The Kier molecular flexibility index (Phi) is 5.42. The van der Waals surface area contributed by atoms with Crippen LogP contribution in [-0.4, -0.2) is 19.2 Å². The number of ether oxygens (including phenoxy) is 1. The maximum absolute atomic E-state index is 12.9. The van der Waals surface area contributed by atoms with Gasteiger partial charge in [-0.15, -0.1) is 0 Å². The van der Waals surface area contributed by atoms with E-state index in [9.17, 15) is 4.39 Å². The molecule has 0 aromatic heterocycles. The van der Waals surface area contributed by atoms with Gasteiger partial charge >= 0.3 is 0 Å². The summed E-state index contributed by atoms with van der Waals surface area (Å²) in [7, 11) is 0. The molecule has 0 aliphatic heterocycles. The van der Waals surface area contributed by atoms with Crippen LogP contribution in [0.3, 0.4) is 0 Å². The van der Waals surface area contributed by atoms with Crippen LogP contribution < -0.4 is 10.1 Å². The van der Waals surface area contributed by atoms with E-state index in [0.717, 1.165) is 6.54 Å². The molecule has 0 aliphatic rings. The van der Waals surface area contributed by atoms with Crippen LogP contribution in [0.15, 0.2) is 18.2 Å². The Labute approximate surface area is 113 Å². The first-order valence-corrected chi connectivity index (χ1v) is 6.49. The molecule has 0 aliphatic carbocycles. The van der Waals surface area contributed by atoms with E-state index in [1.165, 1.54) is 12.1 Å². The fourth-order valence-electron chi connectivity index (χ4n) is 1.40. The standard InChI is InChI=1S/C14H21ClFNO/c1-10(2)17-8-14(3,4)9-18-13-6-5-11(16)7-12(13)15/h5-7,10,17H,8-9H2,1-4H3. The van der Waals surface area contributed by atoms with Gasteiger partial charge in [0, 0.05) is 18.0 Å². The van der Waals surface area contributed by atoms with Crippen molar-refractivity contribution in [2.24, 2.45) is 5.41 Å². The van der Waals surface area contributed by atoms with Gasteiger partial charge in [-0.05, 0) is 18.2 Å². The summed E-state index contributed by atoms with van der Waals surface area (Å²) in [5.41, 5.74) is -0.0119. The Bertz CT molecular complexity index is 393. The molecule has 0 unspecified atom stereocenters. The number of hydrogen-bond donors (Lipinski definition) is 1. The monoisotopic (exact) mass is 273 g/mol. The molecule has 4 heteroatoms. The largest absolute Gasteiger partial charge is 0.491 e. The minimum Gasteiger partial charge on any atom is -0.491 e. The Morgan fingerprint density at radius 2 is 2.06 bits per heavy atom. The molecule has 2 nitrogen and oxygen atoms in total. The zero-order chi connectivity index (χ0) is 13.8. The van der Waals surface area contributed by atoms with Crippen LogP contribution in [0.2, 0.25) is 5.02 Å². The summed E-state index contributed by atoms with van der Waals surface area (Å²) in [5.74, 6) is 0.170. The molecule has 0 amide bonds. The minimum absolute atomic E-state index is 0.0119. The van der Waals surface area contributed by atoms with Gasteiger partial charge in [-0.2, -0.15) is 0 Å². The van der Waals surface area contributed by atoms with Gasteiger partial charge < -0.3 is 10.1 Å². The molecule has 18 heavy (non-hydrogen) atoms. The third kappa shape index (κ3) is 5.23. The zero-order valence-electron chi connectivity index (χ0n) is 11.4. The molecule has 0 atom stereocenters. The zero-order valence-corrected chi connectivity index (χ0v) is 12.1. The fourth-order valence-corrected chi connectivity index (χ4v) is 1.62. The Morgan fingerprint density at radius 3 is 2.61 bits per heavy atom. The van der Waals surface area contributed by atoms with Gasteiger partial charge in [-0.3, -0.25) is 0 Å². The molecule has 0 fully saturated rings. The molecular formula is C14H21ClFNO. The molecule has 0 spiro atoms. The van der Waals surface area contributed by atoms with Crippen molar-refractivity contribution in [3.05, 3.63) is 29.0 Å². The lowest BCUT2D eigenvalue weighted by molar-refractivity contribution is 0.173. The molecule has 1 aromatic carbocycles. The molecule has 0 saturated carbocycles. The second-order valence-corrected chi connectivity index (χ2v) is 5.97. The highest BCUT2D eigenvalue weighted by atomic mass is 35.5. The summed E-state index contributed by atoms with van der Waals surface area (Å²) in [6, 6.07) is 4.61. The summed E-state index contributed by atoms with van der Waals surface area (Å²) >= 11 is 5.91. The minimum atomic E-state index is -0.354. The molecule has 1 aromatic rings. The molecule has 0 heterocycles. The van der Waals surface area contributed by atoms with Gasteiger partial charge in [-0.25, -0.2) is 4.39 Å². The predicted octanol–water partition coefficient (Wildman–Crippen LogP) is 3.88. The van der Waals surface area contributed by atoms with Crippen molar-refractivity contribution < 1.29 is 9.13 Å². The van der Waals surface area contributed by atoms with Crippen molar-refractivity contribution in [2.75, 3.05) is 13.2 Å². The van der Waals surface area contributed by atoms with E-state index in [-0.39, 0.29) is 11.2 Å². The number of benzene rings is 1. The normalized spacial score (nSPS) is 11.9. The maximum atomic E-state index is 12.9. The van der Waals surface area contributed by atoms with Crippen LogP contribution in [0, 0.1) is 11.2 Å². The first-order valence-electron chi connectivity index (χ1n) is 6.11. The Morgan fingerprint density at radius 1 is 1.39 bits per heavy atom. The third-order valence-electron chi connectivity index (χ3n) is 2.50. The van der Waals surface area contributed by atoms with Crippen LogP contribution in [0.25, 0.3) is 0 Å². The average Bonchev–Trinajstić information content (AvgIpc) is 2.25. The molecule has 1 N–H and O–H groups in total. The van der Waals surface area contributed by atoms with E-state index in [2.05, 4.69) is 33.0 Å². The van der Waals surface area contributed by atoms with Gasteiger partial charge in [0.2, 0.25) is 0 Å². The first-order chi connectivity index (χ1) is 8.30. The summed E-state index contributed by atoms with van der Waals surface area (Å²) in [6.07, 6.45) is 0. The Balaban J connectivity index is 2.53. The molecule has 0 saturated heterocycles. The molecular weight excluding hydrogens is 253 g/mol. The van der Waals surface area contributed by atoms with Crippen LogP contribution in [0.4, 0.5) is 4.39 Å². The van der Waals surface area contributed by atoms with Gasteiger partial charge in [0.15, 0.2) is 0 Å². The SMILES string of the molecule is CC(C)NCC(C)(C)COc1ccc(F)cc1Cl. The van der Waals surface area contributed by atoms with Crippen LogP contribution >= 0.6 is 11.6 Å². The molecule has 102 valence electrons. The highest BCUT2D eigenvalue weighted by molar-refractivity contribution is 6.32. The third-order valence-corrected chi connectivity index (χ3v) is 2.80. The topological polar surface area (TPSA) is 21.3 Å². The van der Waals surface area contributed by atoms with E-state index in [0.29, 0.717) is 23.4 Å². The van der Waals surface area contributed by atoms with Gasteiger partial charge in [0.05, 0.1) is 11.6 Å². The fraction of sp³-hybridized carbons (Fsp3) is 0.571. The lowest BCUT2D eigenvalue weighted by Crippen LogP contribution is -2.37.